The summed E-state index contributed by atoms with van der Waals surface area (Å²) in [6.07, 6.45) is 3.85. The van der Waals surface area contributed by atoms with Crippen molar-refractivity contribution >= 4 is 22.1 Å². The third kappa shape index (κ3) is 2.21. The summed E-state index contributed by atoms with van der Waals surface area (Å²) in [4.78, 5) is 10.3. The van der Waals surface area contributed by atoms with Crippen molar-refractivity contribution in [3.63, 3.8) is 0 Å². The lowest BCUT2D eigenvalue weighted by Gasteiger charge is -2.15. The molecule has 3 nitrogen and oxygen atoms in total. The zero-order chi connectivity index (χ0) is 14.1. The predicted octanol–water partition coefficient (Wildman–Crippen LogP) is 3.62. The van der Waals surface area contributed by atoms with E-state index >= 15 is 0 Å². The van der Waals surface area contributed by atoms with Gasteiger partial charge in [0.2, 0.25) is 0 Å². The smallest absolute Gasteiger partial charge is 0.115 e. The van der Waals surface area contributed by atoms with Crippen LogP contribution in [0.15, 0.2) is 36.7 Å². The average Bonchev–Trinajstić information content (AvgIpc) is 2.79. The van der Waals surface area contributed by atoms with E-state index in [1.165, 1.54) is 15.8 Å². The first-order valence-electron chi connectivity index (χ1n) is 6.64. The molecular weight excluding hydrogens is 266 g/mol. The lowest BCUT2D eigenvalue weighted by molar-refractivity contribution is 0.687. The summed E-state index contributed by atoms with van der Waals surface area (Å²) in [5.41, 5.74) is 2.29. The van der Waals surface area contributed by atoms with Gasteiger partial charge in [-0.2, -0.15) is 0 Å². The molecule has 0 radical (unpaired) electrons. The van der Waals surface area contributed by atoms with Crippen molar-refractivity contribution in [2.45, 2.75) is 19.9 Å². The minimum Gasteiger partial charge on any atom is -0.307 e. The van der Waals surface area contributed by atoms with Crippen LogP contribution in [0.25, 0.3) is 10.8 Å². The van der Waals surface area contributed by atoms with Crippen molar-refractivity contribution in [1.29, 1.82) is 0 Å². The Bertz CT molecular complexity index is 724. The van der Waals surface area contributed by atoms with Crippen LogP contribution in [-0.4, -0.2) is 17.0 Å². The first-order chi connectivity index (χ1) is 9.70. The van der Waals surface area contributed by atoms with E-state index < -0.39 is 0 Å². The molecule has 2 heterocycles. The van der Waals surface area contributed by atoms with Gasteiger partial charge in [-0.3, -0.25) is 4.98 Å². The van der Waals surface area contributed by atoms with Gasteiger partial charge in [0.05, 0.1) is 11.7 Å². The second kappa shape index (κ2) is 5.31. The van der Waals surface area contributed by atoms with Crippen LogP contribution < -0.4 is 5.32 Å². The van der Waals surface area contributed by atoms with Crippen molar-refractivity contribution < 1.29 is 0 Å². The van der Waals surface area contributed by atoms with E-state index in [2.05, 4.69) is 42.3 Å². The predicted molar refractivity (Wildman–Crippen MR) is 84.2 cm³/mol. The summed E-state index contributed by atoms with van der Waals surface area (Å²) < 4.78 is 0. The SMILES string of the molecule is CNC(c1nc(C)c(C)s1)c1cncc2ccccc12. The molecule has 20 heavy (non-hydrogen) atoms. The molecule has 0 amide bonds. The third-order valence-corrected chi connectivity index (χ3v) is 4.73. The minimum atomic E-state index is 0.0889. The Labute approximate surface area is 122 Å². The normalized spacial score (nSPS) is 12.8. The summed E-state index contributed by atoms with van der Waals surface area (Å²) in [6.45, 7) is 4.17. The van der Waals surface area contributed by atoms with Gasteiger partial charge < -0.3 is 5.32 Å². The Hall–Kier alpha value is -1.78. The Morgan fingerprint density at radius 2 is 1.95 bits per heavy atom. The molecule has 4 heteroatoms. The third-order valence-electron chi connectivity index (χ3n) is 3.59. The minimum absolute atomic E-state index is 0.0889. The van der Waals surface area contributed by atoms with Gasteiger partial charge in [-0.05, 0) is 26.3 Å². The number of pyridine rings is 1. The van der Waals surface area contributed by atoms with Gasteiger partial charge in [0.15, 0.2) is 0 Å². The van der Waals surface area contributed by atoms with Gasteiger partial charge >= 0.3 is 0 Å². The highest BCUT2D eigenvalue weighted by Crippen LogP contribution is 2.31. The number of hydrogen-bond acceptors (Lipinski definition) is 4. The maximum Gasteiger partial charge on any atom is 0.115 e. The molecule has 1 aromatic carbocycles. The largest absolute Gasteiger partial charge is 0.307 e. The van der Waals surface area contributed by atoms with Crippen LogP contribution in [0.1, 0.15) is 27.2 Å². The molecule has 0 aliphatic rings. The van der Waals surface area contributed by atoms with Crippen LogP contribution >= 0.6 is 11.3 Å². The molecule has 1 N–H and O–H groups in total. The first kappa shape index (κ1) is 13.2. The van der Waals surface area contributed by atoms with E-state index in [1.54, 1.807) is 11.3 Å². The highest BCUT2D eigenvalue weighted by Gasteiger charge is 2.19. The molecule has 102 valence electrons. The first-order valence-corrected chi connectivity index (χ1v) is 7.46. The van der Waals surface area contributed by atoms with Gasteiger partial charge in [0, 0.05) is 28.2 Å². The zero-order valence-electron chi connectivity index (χ0n) is 11.8. The molecule has 0 saturated heterocycles. The molecule has 0 saturated carbocycles. The van der Waals surface area contributed by atoms with Gasteiger partial charge in [-0.1, -0.05) is 24.3 Å². The molecule has 0 fully saturated rings. The Balaban J connectivity index is 2.16. The fraction of sp³-hybridized carbons (Fsp3) is 0.250. The molecule has 0 bridgehead atoms. The number of nitrogens with zero attached hydrogens (tertiary/aromatic N) is 2. The van der Waals surface area contributed by atoms with Gasteiger partial charge in [-0.15, -0.1) is 11.3 Å². The fourth-order valence-corrected chi connectivity index (χ4v) is 3.46. The highest BCUT2D eigenvalue weighted by atomic mass is 32.1. The van der Waals surface area contributed by atoms with Gasteiger partial charge in [0.1, 0.15) is 5.01 Å². The van der Waals surface area contributed by atoms with Gasteiger partial charge in [-0.25, -0.2) is 4.98 Å². The Morgan fingerprint density at radius 1 is 1.15 bits per heavy atom. The molecule has 0 aliphatic carbocycles. The summed E-state index contributed by atoms with van der Waals surface area (Å²) in [6, 6.07) is 8.43. The van der Waals surface area contributed by atoms with Crippen LogP contribution in [-0.2, 0) is 0 Å². The molecule has 1 unspecified atom stereocenters. The van der Waals surface area contributed by atoms with Crippen molar-refractivity contribution in [1.82, 2.24) is 15.3 Å². The van der Waals surface area contributed by atoms with Gasteiger partial charge in [0.25, 0.3) is 0 Å². The second-order valence-corrected chi connectivity index (χ2v) is 6.10. The molecule has 3 aromatic rings. The number of aromatic nitrogens is 2. The molecular formula is C16H17N3S. The van der Waals surface area contributed by atoms with Crippen LogP contribution in [0.5, 0.6) is 0 Å². The number of benzene rings is 1. The van der Waals surface area contributed by atoms with Crippen molar-refractivity contribution in [2.24, 2.45) is 0 Å². The summed E-state index contributed by atoms with van der Waals surface area (Å²) in [7, 11) is 1.97. The standard InChI is InChI=1S/C16H17N3S/c1-10-11(2)20-16(19-10)15(17-3)14-9-18-8-12-6-4-5-7-13(12)14/h4-9,15,17H,1-3H3. The molecule has 2 aromatic heterocycles. The monoisotopic (exact) mass is 283 g/mol. The summed E-state index contributed by atoms with van der Waals surface area (Å²) in [5, 5.41) is 6.86. The molecule has 1 atom stereocenters. The summed E-state index contributed by atoms with van der Waals surface area (Å²) >= 11 is 1.75. The van der Waals surface area contributed by atoms with E-state index in [9.17, 15) is 0 Å². The fourth-order valence-electron chi connectivity index (χ4n) is 2.40. The van der Waals surface area contributed by atoms with E-state index in [-0.39, 0.29) is 6.04 Å². The maximum absolute atomic E-state index is 4.69. The Morgan fingerprint density at radius 3 is 2.65 bits per heavy atom. The number of fused-ring (bicyclic) bond motifs is 1. The van der Waals surface area contributed by atoms with Crippen molar-refractivity contribution in [3.8, 4) is 0 Å². The van der Waals surface area contributed by atoms with Crippen LogP contribution in [0, 0.1) is 13.8 Å². The van der Waals surface area contributed by atoms with Crippen LogP contribution in [0.4, 0.5) is 0 Å². The zero-order valence-corrected chi connectivity index (χ0v) is 12.7. The van der Waals surface area contributed by atoms with Crippen LogP contribution in [0.2, 0.25) is 0 Å². The topological polar surface area (TPSA) is 37.8 Å². The van der Waals surface area contributed by atoms with Crippen molar-refractivity contribution in [3.05, 3.63) is 57.8 Å². The van der Waals surface area contributed by atoms with E-state index in [4.69, 9.17) is 4.98 Å². The number of nitrogens with one attached hydrogen (secondary N) is 1. The van der Waals surface area contributed by atoms with E-state index in [0.717, 1.165) is 16.1 Å². The number of hydrogen-bond donors (Lipinski definition) is 1. The average molecular weight is 283 g/mol. The number of rotatable bonds is 3. The number of thiazole rings is 1. The van der Waals surface area contributed by atoms with E-state index in [1.807, 2.05) is 25.5 Å². The lowest BCUT2D eigenvalue weighted by Crippen LogP contribution is -2.18. The second-order valence-electron chi connectivity index (χ2n) is 4.87. The summed E-state index contributed by atoms with van der Waals surface area (Å²) in [5.74, 6) is 0. The highest BCUT2D eigenvalue weighted by molar-refractivity contribution is 7.11. The molecule has 0 spiro atoms. The van der Waals surface area contributed by atoms with E-state index in [0.29, 0.717) is 0 Å². The lowest BCUT2D eigenvalue weighted by atomic mass is 10.0. The molecule has 3 rings (SSSR count). The van der Waals surface area contributed by atoms with Crippen LogP contribution in [0.3, 0.4) is 0 Å². The number of aryl methyl sites for hydroxylation is 2. The quantitative estimate of drug-likeness (QED) is 0.798. The maximum atomic E-state index is 4.69. The molecule has 0 aliphatic heterocycles. The Kier molecular flexibility index (Phi) is 3.51. The van der Waals surface area contributed by atoms with Crippen molar-refractivity contribution in [2.75, 3.05) is 7.05 Å².